The highest BCUT2D eigenvalue weighted by Gasteiger charge is 2.25. The summed E-state index contributed by atoms with van der Waals surface area (Å²) in [6.45, 7) is 7.25. The van der Waals surface area contributed by atoms with Crippen LogP contribution < -0.4 is 9.46 Å². The Labute approximate surface area is 222 Å². The van der Waals surface area contributed by atoms with Crippen molar-refractivity contribution in [1.29, 1.82) is 0 Å². The lowest BCUT2D eigenvalue weighted by Gasteiger charge is -2.16. The highest BCUT2D eigenvalue weighted by molar-refractivity contribution is 7.90. The number of ether oxygens (including phenoxy) is 1. The lowest BCUT2D eigenvalue weighted by Crippen LogP contribution is -2.31. The molecule has 7 nitrogen and oxygen atoms in total. The smallest absolute Gasteiger partial charge is 0.281 e. The van der Waals surface area contributed by atoms with Gasteiger partial charge >= 0.3 is 0 Å². The van der Waals surface area contributed by atoms with Gasteiger partial charge in [-0.2, -0.15) is 8.42 Å². The molecule has 2 aromatic heterocycles. The fourth-order valence-corrected chi connectivity index (χ4v) is 5.00. The molecule has 0 fully saturated rings. The van der Waals surface area contributed by atoms with Crippen LogP contribution in [0.4, 0.5) is 4.39 Å². The van der Waals surface area contributed by atoms with E-state index in [1.165, 1.54) is 36.4 Å². The number of pyridine rings is 2. The van der Waals surface area contributed by atoms with E-state index in [4.69, 9.17) is 16.3 Å². The molecule has 0 saturated heterocycles. The number of hydrogen-bond acceptors (Lipinski definition) is 6. The van der Waals surface area contributed by atoms with Gasteiger partial charge in [-0.1, -0.05) is 35.4 Å². The van der Waals surface area contributed by atoms with E-state index in [0.29, 0.717) is 11.4 Å². The molecule has 2 aromatic carbocycles. The van der Waals surface area contributed by atoms with Crippen LogP contribution in [0.5, 0.6) is 11.6 Å². The molecule has 194 valence electrons. The van der Waals surface area contributed by atoms with E-state index in [1.54, 1.807) is 13.0 Å². The van der Waals surface area contributed by atoms with Crippen LogP contribution in [-0.4, -0.2) is 24.3 Å². The van der Waals surface area contributed by atoms with Crippen molar-refractivity contribution in [2.45, 2.75) is 32.7 Å². The number of amides is 1. The number of carbonyl (C=O) groups is 1. The minimum atomic E-state index is -4.28. The molecule has 1 amide bonds. The van der Waals surface area contributed by atoms with Gasteiger partial charge in [0, 0.05) is 19.1 Å². The number of carbonyl (C=O) groups excluding carboxylic acids is 1. The first kappa shape index (κ1) is 26.2. The van der Waals surface area contributed by atoms with Gasteiger partial charge in [-0.05, 0) is 81.3 Å². The van der Waals surface area contributed by atoms with Gasteiger partial charge in [-0.3, -0.25) is 4.79 Å². The monoisotopic (exact) mass is 543 g/mol. The van der Waals surface area contributed by atoms with E-state index < -0.39 is 21.7 Å². The Morgan fingerprint density at radius 2 is 1.68 bits per heavy atom. The molecule has 10 heteroatoms. The van der Waals surface area contributed by atoms with Gasteiger partial charge in [-0.15, -0.1) is 0 Å². The number of aromatic nitrogens is 2. The van der Waals surface area contributed by atoms with Crippen LogP contribution in [0.2, 0.25) is 5.02 Å². The van der Waals surface area contributed by atoms with E-state index >= 15 is 0 Å². The first-order chi connectivity index (χ1) is 17.4. The fraction of sp³-hybridized carbons (Fsp3) is 0.148. The van der Waals surface area contributed by atoms with E-state index in [1.807, 2.05) is 37.6 Å². The summed E-state index contributed by atoms with van der Waals surface area (Å²) in [5, 5.41) is -0.0871. The maximum Gasteiger partial charge on any atom is 0.281 e. The summed E-state index contributed by atoms with van der Waals surface area (Å²) < 4.78 is 48.4. The zero-order valence-corrected chi connectivity index (χ0v) is 22.0. The summed E-state index contributed by atoms with van der Waals surface area (Å²) in [6, 6.07) is 15.1. The SMILES string of the molecule is Cc1cc(C)c(Oc2nc(-c3ccc(Cl)cc3F)ccc2C(=O)NS(=O)(=O)c2cccc(C)n2)c(C)c1.[HH].[HH]. The fourth-order valence-electron chi connectivity index (χ4n) is 3.86. The molecule has 4 rings (SSSR count). The van der Waals surface area contributed by atoms with Gasteiger partial charge in [0.15, 0.2) is 5.03 Å². The van der Waals surface area contributed by atoms with Crippen molar-refractivity contribution in [3.05, 3.63) is 99.5 Å². The number of sulfonamides is 1. The highest BCUT2D eigenvalue weighted by Crippen LogP contribution is 2.33. The van der Waals surface area contributed by atoms with Crippen molar-refractivity contribution < 1.29 is 25.2 Å². The van der Waals surface area contributed by atoms with Crippen molar-refractivity contribution in [3.8, 4) is 22.9 Å². The Bertz CT molecular complexity index is 1630. The third-order valence-electron chi connectivity index (χ3n) is 5.48. The molecule has 1 N–H and O–H groups in total. The first-order valence-electron chi connectivity index (χ1n) is 11.2. The molecule has 0 radical (unpaired) electrons. The zero-order chi connectivity index (χ0) is 26.9. The Morgan fingerprint density at radius 1 is 0.973 bits per heavy atom. The molecule has 0 saturated carbocycles. The van der Waals surface area contributed by atoms with Crippen LogP contribution in [0.3, 0.4) is 0 Å². The standard InChI is InChI=1S/C27H23ClFN3O4S.2H2/c1-15-12-16(2)25(17(3)13-15)36-27-21(10-11-23(31-27)20-9-8-19(28)14-22(20)29)26(33)32-37(34,35)24-7-5-6-18(4)30-24;;/h5-14H,1-4H3,(H,32,33);2*1H. The maximum absolute atomic E-state index is 14.6. The second-order valence-electron chi connectivity index (χ2n) is 8.56. The summed E-state index contributed by atoms with van der Waals surface area (Å²) in [7, 11) is -4.28. The zero-order valence-electron chi connectivity index (χ0n) is 20.5. The van der Waals surface area contributed by atoms with E-state index in [-0.39, 0.29) is 35.6 Å². The lowest BCUT2D eigenvalue weighted by atomic mass is 10.1. The number of aryl methyl sites for hydroxylation is 4. The summed E-state index contributed by atoms with van der Waals surface area (Å²) >= 11 is 5.88. The minimum absolute atomic E-state index is 0. The van der Waals surface area contributed by atoms with Crippen LogP contribution in [0.1, 0.15) is 35.6 Å². The predicted octanol–water partition coefficient (Wildman–Crippen LogP) is 6.57. The van der Waals surface area contributed by atoms with Crippen molar-refractivity contribution >= 4 is 27.5 Å². The average Bonchev–Trinajstić information content (AvgIpc) is 2.81. The molecule has 2 heterocycles. The van der Waals surface area contributed by atoms with Gasteiger partial charge < -0.3 is 4.74 Å². The van der Waals surface area contributed by atoms with Crippen molar-refractivity contribution in [3.63, 3.8) is 0 Å². The Balaban J connectivity index is 0.00000267. The molecule has 0 spiro atoms. The molecule has 0 atom stereocenters. The van der Waals surface area contributed by atoms with Gasteiger partial charge in [0.1, 0.15) is 17.1 Å². The summed E-state index contributed by atoms with van der Waals surface area (Å²) in [5.41, 5.74) is 3.20. The van der Waals surface area contributed by atoms with Crippen molar-refractivity contribution in [2.75, 3.05) is 0 Å². The summed E-state index contributed by atoms with van der Waals surface area (Å²) in [6.07, 6.45) is 0. The van der Waals surface area contributed by atoms with E-state index in [0.717, 1.165) is 22.8 Å². The second-order valence-corrected chi connectivity index (χ2v) is 10.6. The second kappa shape index (κ2) is 10.3. The maximum atomic E-state index is 14.6. The van der Waals surface area contributed by atoms with Gasteiger partial charge in [-0.25, -0.2) is 19.1 Å². The molecule has 37 heavy (non-hydrogen) atoms. The number of rotatable bonds is 6. The van der Waals surface area contributed by atoms with Crippen LogP contribution in [-0.2, 0) is 10.0 Å². The molecule has 0 aliphatic carbocycles. The molecule has 0 bridgehead atoms. The third kappa shape index (κ3) is 5.79. The number of hydrogen-bond donors (Lipinski definition) is 1. The van der Waals surface area contributed by atoms with Crippen molar-refractivity contribution in [1.82, 2.24) is 14.7 Å². The van der Waals surface area contributed by atoms with Gasteiger partial charge in [0.05, 0.1) is 5.69 Å². The molecule has 0 aliphatic heterocycles. The molecule has 4 aromatic rings. The molecule has 0 aliphatic rings. The van der Waals surface area contributed by atoms with Crippen LogP contribution in [0.25, 0.3) is 11.3 Å². The number of nitrogens with one attached hydrogen (secondary N) is 1. The predicted molar refractivity (Wildman–Crippen MR) is 143 cm³/mol. The van der Waals surface area contributed by atoms with Crippen LogP contribution in [0.15, 0.2) is 65.7 Å². The van der Waals surface area contributed by atoms with Crippen LogP contribution >= 0.6 is 11.6 Å². The topological polar surface area (TPSA) is 98.2 Å². The van der Waals surface area contributed by atoms with E-state index in [9.17, 15) is 17.6 Å². The normalized spacial score (nSPS) is 11.3. The quantitative estimate of drug-likeness (QED) is 0.295. The molecular weight excluding hydrogens is 517 g/mol. The molecular formula is C27H27ClFN3O4S. The minimum Gasteiger partial charge on any atom is -0.438 e. The average molecular weight is 544 g/mol. The van der Waals surface area contributed by atoms with E-state index in [2.05, 4.69) is 9.97 Å². The first-order valence-corrected chi connectivity index (χ1v) is 13.0. The largest absolute Gasteiger partial charge is 0.438 e. The number of benzene rings is 2. The Kier molecular flexibility index (Phi) is 7.29. The molecule has 0 unspecified atom stereocenters. The lowest BCUT2D eigenvalue weighted by molar-refractivity contribution is 0.0978. The van der Waals surface area contributed by atoms with Crippen LogP contribution in [0, 0.1) is 33.5 Å². The van der Waals surface area contributed by atoms with Crippen molar-refractivity contribution in [2.24, 2.45) is 0 Å². The number of nitrogens with zero attached hydrogens (tertiary/aromatic N) is 2. The summed E-state index contributed by atoms with van der Waals surface area (Å²) in [4.78, 5) is 21.6. The highest BCUT2D eigenvalue weighted by atomic mass is 35.5. The third-order valence-corrected chi connectivity index (χ3v) is 6.95. The Hall–Kier alpha value is -3.82. The number of halogens is 2. The Morgan fingerprint density at radius 3 is 2.32 bits per heavy atom. The van der Waals surface area contributed by atoms with Gasteiger partial charge in [0.2, 0.25) is 5.88 Å². The van der Waals surface area contributed by atoms with Gasteiger partial charge in [0.25, 0.3) is 15.9 Å². The summed E-state index contributed by atoms with van der Waals surface area (Å²) in [5.74, 6) is -1.33.